The van der Waals surface area contributed by atoms with Gasteiger partial charge in [0.2, 0.25) is 5.88 Å². The lowest BCUT2D eigenvalue weighted by Crippen LogP contribution is -2.01. The van der Waals surface area contributed by atoms with Crippen LogP contribution < -0.4 is 0 Å². The van der Waals surface area contributed by atoms with Gasteiger partial charge >= 0.3 is 0 Å². The highest BCUT2D eigenvalue weighted by Gasteiger charge is 2.10. The molecule has 0 aliphatic carbocycles. The van der Waals surface area contributed by atoms with Gasteiger partial charge in [0.05, 0.1) is 11.9 Å². The molecular weight excluding hydrogens is 292 g/mol. The maximum atomic E-state index is 10.3. The van der Waals surface area contributed by atoms with Gasteiger partial charge in [0.15, 0.2) is 4.77 Å². The van der Waals surface area contributed by atoms with Crippen LogP contribution in [0.2, 0.25) is 0 Å². The Morgan fingerprint density at radius 2 is 1.64 bits per heavy atom. The number of benzene rings is 2. The van der Waals surface area contributed by atoms with Crippen molar-refractivity contribution >= 4 is 12.2 Å². The predicted molar refractivity (Wildman–Crippen MR) is 91.3 cm³/mol. The highest BCUT2D eigenvalue weighted by molar-refractivity contribution is 7.71. The molecule has 0 fully saturated rings. The van der Waals surface area contributed by atoms with Crippen molar-refractivity contribution in [1.29, 1.82) is 0 Å². The summed E-state index contributed by atoms with van der Waals surface area (Å²) in [7, 11) is 0. The number of hydrogen-bond acceptors (Lipinski definition) is 2. The lowest BCUT2D eigenvalue weighted by Gasteiger charge is -2.08. The lowest BCUT2D eigenvalue weighted by atomic mass is 10.1. The van der Waals surface area contributed by atoms with Gasteiger partial charge in [-0.1, -0.05) is 36.4 Å². The third kappa shape index (κ3) is 2.83. The van der Waals surface area contributed by atoms with Crippen molar-refractivity contribution in [2.24, 2.45) is 0 Å². The second-order valence-electron chi connectivity index (χ2n) is 5.56. The Labute approximate surface area is 135 Å². The van der Waals surface area contributed by atoms with Gasteiger partial charge in [0, 0.05) is 6.54 Å². The molecule has 1 heterocycles. The van der Waals surface area contributed by atoms with Crippen LogP contribution in [-0.2, 0) is 6.54 Å². The molecule has 2 aromatic carbocycles. The van der Waals surface area contributed by atoms with E-state index in [4.69, 9.17) is 12.2 Å². The second kappa shape index (κ2) is 5.81. The third-order valence-corrected chi connectivity index (χ3v) is 4.01. The summed E-state index contributed by atoms with van der Waals surface area (Å²) in [5, 5.41) is 10.3. The monoisotopic (exact) mass is 310 g/mol. The molecule has 0 spiro atoms. The largest absolute Gasteiger partial charge is 0.493 e. The van der Waals surface area contributed by atoms with Gasteiger partial charge in [-0.3, -0.25) is 4.57 Å². The van der Waals surface area contributed by atoms with Crippen molar-refractivity contribution in [3.05, 3.63) is 76.2 Å². The quantitative estimate of drug-likeness (QED) is 0.728. The summed E-state index contributed by atoms with van der Waals surface area (Å²) >= 11 is 5.55. The van der Waals surface area contributed by atoms with Crippen LogP contribution in [0.5, 0.6) is 5.88 Å². The Balaban J connectivity index is 2.05. The SMILES string of the molecule is Cc1cc(C)cc(-n2c(O)cn(Cc3ccccc3)c2=S)c1. The molecule has 0 radical (unpaired) electrons. The van der Waals surface area contributed by atoms with E-state index < -0.39 is 0 Å². The minimum absolute atomic E-state index is 0.158. The Bertz CT molecular complexity index is 842. The van der Waals surface area contributed by atoms with Gasteiger partial charge in [-0.2, -0.15) is 0 Å². The fourth-order valence-electron chi connectivity index (χ4n) is 2.69. The van der Waals surface area contributed by atoms with Crippen molar-refractivity contribution in [2.45, 2.75) is 20.4 Å². The van der Waals surface area contributed by atoms with Gasteiger partial charge in [-0.15, -0.1) is 0 Å². The topological polar surface area (TPSA) is 30.1 Å². The Morgan fingerprint density at radius 1 is 1.00 bits per heavy atom. The summed E-state index contributed by atoms with van der Waals surface area (Å²) in [6.07, 6.45) is 1.69. The van der Waals surface area contributed by atoms with Crippen molar-refractivity contribution in [1.82, 2.24) is 9.13 Å². The first-order chi connectivity index (χ1) is 10.5. The zero-order valence-electron chi connectivity index (χ0n) is 12.7. The van der Waals surface area contributed by atoms with Crippen molar-refractivity contribution < 1.29 is 5.11 Å². The van der Waals surface area contributed by atoms with Crippen LogP contribution in [0.15, 0.2) is 54.7 Å². The lowest BCUT2D eigenvalue weighted by molar-refractivity contribution is 0.441. The number of hydrogen-bond donors (Lipinski definition) is 1. The molecule has 3 rings (SSSR count). The van der Waals surface area contributed by atoms with E-state index in [0.29, 0.717) is 11.3 Å². The molecule has 0 atom stereocenters. The number of aryl methyl sites for hydroxylation is 2. The minimum Gasteiger partial charge on any atom is -0.493 e. The predicted octanol–water partition coefficient (Wildman–Crippen LogP) is 4.38. The van der Waals surface area contributed by atoms with Crippen molar-refractivity contribution in [3.8, 4) is 11.6 Å². The molecule has 3 nitrogen and oxygen atoms in total. The van der Waals surface area contributed by atoms with E-state index in [2.05, 4.69) is 6.07 Å². The Morgan fingerprint density at radius 3 is 2.27 bits per heavy atom. The summed E-state index contributed by atoms with van der Waals surface area (Å²) in [4.78, 5) is 0. The number of rotatable bonds is 3. The van der Waals surface area contributed by atoms with Crippen molar-refractivity contribution in [3.63, 3.8) is 0 Å². The normalized spacial score (nSPS) is 10.8. The number of nitrogens with zero attached hydrogens (tertiary/aromatic N) is 2. The smallest absolute Gasteiger partial charge is 0.214 e. The maximum Gasteiger partial charge on any atom is 0.214 e. The molecule has 112 valence electrons. The van der Waals surface area contributed by atoms with Crippen LogP contribution in [0.3, 0.4) is 0 Å². The van der Waals surface area contributed by atoms with Gasteiger partial charge in [-0.05, 0) is 54.9 Å². The summed E-state index contributed by atoms with van der Waals surface area (Å²) in [5.74, 6) is 0.158. The zero-order chi connectivity index (χ0) is 15.7. The van der Waals surface area contributed by atoms with Gasteiger partial charge in [0.25, 0.3) is 0 Å². The summed E-state index contributed by atoms with van der Waals surface area (Å²) in [5.41, 5.74) is 4.34. The molecule has 0 aliphatic rings. The molecule has 22 heavy (non-hydrogen) atoms. The molecule has 3 aromatic rings. The van der Waals surface area contributed by atoms with E-state index in [1.165, 1.54) is 0 Å². The Kier molecular flexibility index (Phi) is 3.86. The summed E-state index contributed by atoms with van der Waals surface area (Å²) in [6, 6.07) is 16.2. The molecule has 0 amide bonds. The van der Waals surface area contributed by atoms with E-state index in [-0.39, 0.29) is 5.88 Å². The van der Waals surface area contributed by atoms with Crippen LogP contribution in [0, 0.1) is 18.6 Å². The van der Waals surface area contributed by atoms with E-state index in [1.54, 1.807) is 10.8 Å². The van der Waals surface area contributed by atoms with Crippen LogP contribution in [0.25, 0.3) is 5.69 Å². The molecule has 0 saturated carbocycles. The average molecular weight is 310 g/mol. The summed E-state index contributed by atoms with van der Waals surface area (Å²) < 4.78 is 4.18. The van der Waals surface area contributed by atoms with Gasteiger partial charge < -0.3 is 9.67 Å². The first kappa shape index (κ1) is 14.6. The van der Waals surface area contributed by atoms with E-state index in [1.807, 2.05) is 60.9 Å². The number of aromatic hydroxyl groups is 1. The van der Waals surface area contributed by atoms with Crippen molar-refractivity contribution in [2.75, 3.05) is 0 Å². The molecule has 0 unspecified atom stereocenters. The minimum atomic E-state index is 0.158. The van der Waals surface area contributed by atoms with E-state index in [9.17, 15) is 5.11 Å². The third-order valence-electron chi connectivity index (χ3n) is 3.60. The average Bonchev–Trinajstić information content (AvgIpc) is 2.73. The second-order valence-corrected chi connectivity index (χ2v) is 5.93. The van der Waals surface area contributed by atoms with Crippen LogP contribution in [-0.4, -0.2) is 14.2 Å². The first-order valence-corrected chi connectivity index (χ1v) is 7.59. The van der Waals surface area contributed by atoms with E-state index in [0.717, 1.165) is 22.4 Å². The molecule has 0 aliphatic heterocycles. The molecule has 0 bridgehead atoms. The highest BCUT2D eigenvalue weighted by atomic mass is 32.1. The molecular formula is C18H18N2OS. The molecule has 1 N–H and O–H groups in total. The van der Waals surface area contributed by atoms with Crippen LogP contribution in [0.1, 0.15) is 16.7 Å². The first-order valence-electron chi connectivity index (χ1n) is 7.18. The number of imidazole rings is 1. The fourth-order valence-corrected chi connectivity index (χ4v) is 3.01. The molecule has 4 heteroatoms. The standard InChI is InChI=1S/C18H18N2OS/c1-13-8-14(2)10-16(9-13)20-17(21)12-19(18(20)22)11-15-6-4-3-5-7-15/h3-10,12,21H,11H2,1-2H3. The maximum absolute atomic E-state index is 10.3. The zero-order valence-corrected chi connectivity index (χ0v) is 13.5. The van der Waals surface area contributed by atoms with E-state index >= 15 is 0 Å². The summed E-state index contributed by atoms with van der Waals surface area (Å²) in [6.45, 7) is 4.72. The highest BCUT2D eigenvalue weighted by Crippen LogP contribution is 2.22. The molecule has 0 saturated heterocycles. The van der Waals surface area contributed by atoms with Crippen LogP contribution >= 0.6 is 12.2 Å². The van der Waals surface area contributed by atoms with Crippen LogP contribution in [0.4, 0.5) is 0 Å². The van der Waals surface area contributed by atoms with Gasteiger partial charge in [0.1, 0.15) is 0 Å². The molecule has 1 aromatic heterocycles. The number of aromatic nitrogens is 2. The fraction of sp³-hybridized carbons (Fsp3) is 0.167. The van der Waals surface area contributed by atoms with Gasteiger partial charge in [-0.25, -0.2) is 0 Å². The Hall–Kier alpha value is -2.33.